The molecule has 0 atom stereocenters. The molecule has 4 nitrogen and oxygen atoms in total. The Bertz CT molecular complexity index is 694. The Morgan fingerprint density at radius 3 is 2.62 bits per heavy atom. The third-order valence-corrected chi connectivity index (χ3v) is 3.27. The van der Waals surface area contributed by atoms with Crippen LogP contribution in [0.3, 0.4) is 0 Å². The van der Waals surface area contributed by atoms with Crippen molar-refractivity contribution in [2.45, 2.75) is 13.1 Å². The van der Waals surface area contributed by atoms with Gasteiger partial charge in [0.1, 0.15) is 0 Å². The summed E-state index contributed by atoms with van der Waals surface area (Å²) in [4.78, 5) is 12.1. The van der Waals surface area contributed by atoms with Crippen LogP contribution in [0.2, 0.25) is 0 Å². The lowest BCUT2D eigenvalue weighted by Gasteiger charge is -2.09. The largest absolute Gasteiger partial charge is 0.435 e. The number of hydrogen-bond acceptors (Lipinski definition) is 2. The molecule has 8 heteroatoms. The highest BCUT2D eigenvalue weighted by atomic mass is 79.9. The van der Waals surface area contributed by atoms with Gasteiger partial charge in [0.05, 0.1) is 5.56 Å². The van der Waals surface area contributed by atoms with E-state index in [0.29, 0.717) is 5.69 Å². The average molecular weight is 362 g/mol. The second-order valence-corrected chi connectivity index (χ2v) is 5.39. The fraction of sp³-hybridized carbons (Fsp3) is 0.231. The number of hydrogen-bond donors (Lipinski definition) is 1. The van der Waals surface area contributed by atoms with E-state index < -0.39 is 23.3 Å². The molecule has 0 saturated carbocycles. The quantitative estimate of drug-likeness (QED) is 0.884. The first-order valence-electron chi connectivity index (χ1n) is 5.87. The number of aromatic nitrogens is 2. The Morgan fingerprint density at radius 2 is 2.05 bits per heavy atom. The van der Waals surface area contributed by atoms with Crippen LogP contribution in [0.15, 0.2) is 28.9 Å². The molecule has 0 aliphatic carbocycles. The molecule has 1 aromatic heterocycles. The van der Waals surface area contributed by atoms with E-state index >= 15 is 0 Å². The highest BCUT2D eigenvalue weighted by Crippen LogP contribution is 2.31. The Morgan fingerprint density at radius 1 is 1.38 bits per heavy atom. The minimum atomic E-state index is -4.68. The number of rotatable bonds is 2. The van der Waals surface area contributed by atoms with Crippen LogP contribution in [0.4, 0.5) is 18.9 Å². The molecule has 0 spiro atoms. The molecule has 2 rings (SSSR count). The Hall–Kier alpha value is -1.83. The van der Waals surface area contributed by atoms with E-state index in [4.69, 9.17) is 0 Å². The van der Waals surface area contributed by atoms with Gasteiger partial charge in [-0.25, -0.2) is 0 Å². The zero-order valence-electron chi connectivity index (χ0n) is 11.1. The van der Waals surface area contributed by atoms with E-state index in [-0.39, 0.29) is 0 Å². The molecule has 1 amide bonds. The predicted octanol–water partition coefficient (Wildman–Crippen LogP) is 3.76. The van der Waals surface area contributed by atoms with Crippen LogP contribution < -0.4 is 5.32 Å². The van der Waals surface area contributed by atoms with Crippen LogP contribution in [0, 0.1) is 6.92 Å². The fourth-order valence-corrected chi connectivity index (χ4v) is 2.30. The highest BCUT2D eigenvalue weighted by Gasteiger charge is 2.39. The van der Waals surface area contributed by atoms with Crippen LogP contribution in [0.25, 0.3) is 0 Å². The molecular weight excluding hydrogens is 351 g/mol. The van der Waals surface area contributed by atoms with Crippen molar-refractivity contribution in [2.24, 2.45) is 7.05 Å². The number of nitrogens with one attached hydrogen (secondary N) is 1. The first kappa shape index (κ1) is 15.6. The third-order valence-electron chi connectivity index (χ3n) is 2.78. The van der Waals surface area contributed by atoms with E-state index in [1.54, 1.807) is 25.1 Å². The van der Waals surface area contributed by atoms with Crippen LogP contribution in [0.5, 0.6) is 0 Å². The lowest BCUT2D eigenvalue weighted by Crippen LogP contribution is -2.18. The van der Waals surface area contributed by atoms with E-state index in [0.717, 1.165) is 20.9 Å². The minimum absolute atomic E-state index is 0.445. The SMILES string of the molecule is Cc1cc(Br)ccc1NC(=O)c1cn(C)nc1C(F)(F)F. The maximum atomic E-state index is 12.8. The Kier molecular flexibility index (Phi) is 4.08. The second kappa shape index (κ2) is 5.51. The van der Waals surface area contributed by atoms with Crippen molar-refractivity contribution < 1.29 is 18.0 Å². The van der Waals surface area contributed by atoms with Gasteiger partial charge in [-0.2, -0.15) is 18.3 Å². The molecule has 0 saturated heterocycles. The molecule has 112 valence electrons. The van der Waals surface area contributed by atoms with Crippen molar-refractivity contribution in [3.63, 3.8) is 0 Å². The van der Waals surface area contributed by atoms with Gasteiger partial charge in [-0.3, -0.25) is 9.48 Å². The smallest absolute Gasteiger partial charge is 0.322 e. The monoisotopic (exact) mass is 361 g/mol. The van der Waals surface area contributed by atoms with Crippen molar-refractivity contribution in [1.82, 2.24) is 9.78 Å². The van der Waals surface area contributed by atoms with Gasteiger partial charge in [0.15, 0.2) is 5.69 Å². The zero-order chi connectivity index (χ0) is 15.8. The average Bonchev–Trinajstić information content (AvgIpc) is 2.75. The first-order valence-corrected chi connectivity index (χ1v) is 6.66. The molecule has 1 aromatic carbocycles. The lowest BCUT2D eigenvalue weighted by molar-refractivity contribution is -0.141. The topological polar surface area (TPSA) is 46.9 Å². The van der Waals surface area contributed by atoms with Crippen molar-refractivity contribution in [2.75, 3.05) is 5.32 Å². The fourth-order valence-electron chi connectivity index (χ4n) is 1.82. The summed E-state index contributed by atoms with van der Waals surface area (Å²) >= 11 is 3.27. The summed E-state index contributed by atoms with van der Waals surface area (Å²) < 4.78 is 40.3. The standard InChI is InChI=1S/C13H11BrF3N3O/c1-7-5-8(14)3-4-10(7)18-12(21)9-6-20(2)19-11(9)13(15,16)17/h3-6H,1-2H3,(H,18,21). The lowest BCUT2D eigenvalue weighted by atomic mass is 10.1. The van der Waals surface area contributed by atoms with Gasteiger partial charge in [-0.1, -0.05) is 15.9 Å². The summed E-state index contributed by atoms with van der Waals surface area (Å²) in [5.74, 6) is -0.846. The van der Waals surface area contributed by atoms with E-state index in [9.17, 15) is 18.0 Å². The van der Waals surface area contributed by atoms with Gasteiger partial charge in [0, 0.05) is 23.4 Å². The molecular formula is C13H11BrF3N3O. The normalized spacial score (nSPS) is 11.5. The van der Waals surface area contributed by atoms with Crippen LogP contribution in [-0.4, -0.2) is 15.7 Å². The summed E-state index contributed by atoms with van der Waals surface area (Å²) in [7, 11) is 1.33. The number of halogens is 4. The van der Waals surface area contributed by atoms with Gasteiger partial charge in [-0.15, -0.1) is 0 Å². The van der Waals surface area contributed by atoms with Crippen LogP contribution in [-0.2, 0) is 13.2 Å². The molecule has 21 heavy (non-hydrogen) atoms. The number of carbonyl (C=O) groups is 1. The van der Waals surface area contributed by atoms with Crippen LogP contribution in [0.1, 0.15) is 21.6 Å². The number of anilines is 1. The molecule has 0 bridgehead atoms. The molecule has 0 aliphatic rings. The van der Waals surface area contributed by atoms with Crippen LogP contribution >= 0.6 is 15.9 Å². The van der Waals surface area contributed by atoms with Gasteiger partial charge in [0.2, 0.25) is 0 Å². The summed E-state index contributed by atoms with van der Waals surface area (Å²) in [6, 6.07) is 5.06. The molecule has 2 aromatic rings. The molecule has 0 aliphatic heterocycles. The predicted molar refractivity (Wildman–Crippen MR) is 75.0 cm³/mol. The first-order chi connectivity index (χ1) is 9.68. The molecule has 0 unspecified atom stereocenters. The second-order valence-electron chi connectivity index (χ2n) is 4.48. The maximum Gasteiger partial charge on any atom is 0.435 e. The molecule has 1 heterocycles. The van der Waals surface area contributed by atoms with Crippen molar-refractivity contribution >= 4 is 27.5 Å². The van der Waals surface area contributed by atoms with Gasteiger partial charge < -0.3 is 5.32 Å². The summed E-state index contributed by atoms with van der Waals surface area (Å²) in [6.07, 6.45) is -3.63. The van der Waals surface area contributed by atoms with Crippen molar-refractivity contribution in [3.8, 4) is 0 Å². The zero-order valence-corrected chi connectivity index (χ0v) is 12.7. The Labute approximate surface area is 127 Å². The number of carbonyl (C=O) groups excluding carboxylic acids is 1. The molecule has 0 radical (unpaired) electrons. The number of amides is 1. The van der Waals surface area contributed by atoms with Crippen molar-refractivity contribution in [3.05, 3.63) is 45.7 Å². The summed E-state index contributed by atoms with van der Waals surface area (Å²) in [5, 5.41) is 5.77. The summed E-state index contributed by atoms with van der Waals surface area (Å²) in [6.45, 7) is 1.74. The van der Waals surface area contributed by atoms with Gasteiger partial charge in [-0.05, 0) is 30.7 Å². The highest BCUT2D eigenvalue weighted by molar-refractivity contribution is 9.10. The van der Waals surface area contributed by atoms with Gasteiger partial charge in [0.25, 0.3) is 5.91 Å². The number of aryl methyl sites for hydroxylation is 2. The van der Waals surface area contributed by atoms with E-state index in [2.05, 4.69) is 26.3 Å². The molecule has 0 fully saturated rings. The number of nitrogens with zero attached hydrogens (tertiary/aromatic N) is 2. The van der Waals surface area contributed by atoms with E-state index in [1.165, 1.54) is 7.05 Å². The van der Waals surface area contributed by atoms with Crippen molar-refractivity contribution in [1.29, 1.82) is 0 Å². The van der Waals surface area contributed by atoms with Gasteiger partial charge >= 0.3 is 6.18 Å². The summed E-state index contributed by atoms with van der Waals surface area (Å²) in [5.41, 5.74) is -0.528. The minimum Gasteiger partial charge on any atom is -0.322 e. The number of benzene rings is 1. The maximum absolute atomic E-state index is 12.8. The third kappa shape index (κ3) is 3.44. The molecule has 1 N–H and O–H groups in total. The number of alkyl halides is 3. The Balaban J connectivity index is 2.33. The van der Waals surface area contributed by atoms with E-state index in [1.807, 2.05) is 0 Å².